The fourth-order valence-corrected chi connectivity index (χ4v) is 3.87. The van der Waals surface area contributed by atoms with Crippen LogP contribution in [-0.4, -0.2) is 31.6 Å². The number of aryl methyl sites for hydroxylation is 1. The fourth-order valence-electron chi connectivity index (χ4n) is 2.81. The van der Waals surface area contributed by atoms with E-state index in [1.807, 2.05) is 0 Å². The Morgan fingerprint density at radius 1 is 1.23 bits per heavy atom. The molecule has 26 heavy (non-hydrogen) atoms. The molecule has 138 valence electrons. The zero-order valence-corrected chi connectivity index (χ0v) is 16.2. The van der Waals surface area contributed by atoms with Crippen LogP contribution in [0.4, 0.5) is 11.5 Å². The minimum Gasteiger partial charge on any atom is -0.497 e. The van der Waals surface area contributed by atoms with Crippen molar-refractivity contribution in [2.75, 3.05) is 23.4 Å². The lowest BCUT2D eigenvalue weighted by Gasteiger charge is -2.20. The average Bonchev–Trinajstić information content (AvgIpc) is 2.94. The fraction of sp³-hybridized carbons (Fsp3) is 0.235. The topological polar surface area (TPSA) is 90.4 Å². The molecule has 0 spiro atoms. The summed E-state index contributed by atoms with van der Waals surface area (Å²) in [6.07, 6.45) is 1.14. The smallest absolute Gasteiger partial charge is 0.233 e. The van der Waals surface area contributed by atoms with E-state index < -0.39 is 10.0 Å². The first kappa shape index (κ1) is 18.3. The number of methoxy groups -OCH3 is 1. The van der Waals surface area contributed by atoms with E-state index in [4.69, 9.17) is 22.1 Å². The molecule has 1 heterocycles. The number of nitrogens with two attached hydrogens (primary N) is 1. The summed E-state index contributed by atoms with van der Waals surface area (Å²) in [4.78, 5) is 0. The maximum Gasteiger partial charge on any atom is 0.233 e. The van der Waals surface area contributed by atoms with Crippen LogP contribution >= 0.6 is 11.6 Å². The second-order valence-corrected chi connectivity index (χ2v) is 8.24. The van der Waals surface area contributed by atoms with Crippen LogP contribution in [0.3, 0.4) is 0 Å². The summed E-state index contributed by atoms with van der Waals surface area (Å²) in [7, 11) is -0.338. The Bertz CT molecular complexity index is 1060. The highest BCUT2D eigenvalue weighted by Gasteiger charge is 2.26. The molecule has 0 saturated heterocycles. The van der Waals surface area contributed by atoms with Crippen molar-refractivity contribution in [3.8, 4) is 5.75 Å². The standard InChI is InChI=1S/C17H19ClN4O3S/c1-21-16-14(19)9-8-13(18)15(16)17(20-21)22(26(3,23)24)10-11-4-6-12(25-2)7-5-11/h4-9H,10,19H2,1-3H3. The first-order valence-corrected chi connectivity index (χ1v) is 9.96. The molecule has 7 nitrogen and oxygen atoms in total. The number of fused-ring (bicyclic) bond motifs is 1. The lowest BCUT2D eigenvalue weighted by atomic mass is 10.2. The highest BCUT2D eigenvalue weighted by atomic mass is 35.5. The first-order chi connectivity index (χ1) is 12.2. The van der Waals surface area contributed by atoms with Gasteiger partial charge >= 0.3 is 0 Å². The number of sulfonamides is 1. The molecule has 3 rings (SSSR count). The Morgan fingerprint density at radius 3 is 2.46 bits per heavy atom. The summed E-state index contributed by atoms with van der Waals surface area (Å²) in [5, 5.41) is 5.28. The molecule has 0 fully saturated rings. The van der Waals surface area contributed by atoms with Gasteiger partial charge < -0.3 is 10.5 Å². The van der Waals surface area contributed by atoms with Gasteiger partial charge in [-0.25, -0.2) is 12.7 Å². The van der Waals surface area contributed by atoms with Gasteiger partial charge in [-0.2, -0.15) is 5.10 Å². The van der Waals surface area contributed by atoms with Crippen LogP contribution in [0.15, 0.2) is 36.4 Å². The second kappa shape index (κ2) is 6.69. The molecule has 0 saturated carbocycles. The molecule has 0 aliphatic heterocycles. The van der Waals surface area contributed by atoms with Gasteiger partial charge in [-0.1, -0.05) is 23.7 Å². The third kappa shape index (κ3) is 3.30. The van der Waals surface area contributed by atoms with Gasteiger partial charge in [0.1, 0.15) is 5.75 Å². The summed E-state index contributed by atoms with van der Waals surface area (Å²) in [6, 6.07) is 10.5. The molecule has 0 atom stereocenters. The van der Waals surface area contributed by atoms with Crippen molar-refractivity contribution in [2.24, 2.45) is 7.05 Å². The van der Waals surface area contributed by atoms with E-state index in [-0.39, 0.29) is 12.4 Å². The van der Waals surface area contributed by atoms with E-state index in [9.17, 15) is 8.42 Å². The number of hydrogen-bond donors (Lipinski definition) is 1. The van der Waals surface area contributed by atoms with Gasteiger partial charge in [0.15, 0.2) is 5.82 Å². The van der Waals surface area contributed by atoms with Crippen molar-refractivity contribution in [1.29, 1.82) is 0 Å². The predicted molar refractivity (Wildman–Crippen MR) is 104 cm³/mol. The number of ether oxygens (including phenoxy) is 1. The lowest BCUT2D eigenvalue weighted by Crippen LogP contribution is -2.30. The third-order valence-corrected chi connectivity index (χ3v) is 5.49. The normalized spacial score (nSPS) is 11.7. The van der Waals surface area contributed by atoms with Crippen molar-refractivity contribution in [3.63, 3.8) is 0 Å². The SMILES string of the molecule is COc1ccc(CN(c2nn(C)c3c(N)ccc(Cl)c23)S(C)(=O)=O)cc1. The molecule has 0 aliphatic carbocycles. The van der Waals surface area contributed by atoms with Crippen LogP contribution < -0.4 is 14.8 Å². The molecular formula is C17H19ClN4O3S. The van der Waals surface area contributed by atoms with Gasteiger partial charge in [0.2, 0.25) is 10.0 Å². The lowest BCUT2D eigenvalue weighted by molar-refractivity contribution is 0.414. The van der Waals surface area contributed by atoms with E-state index >= 15 is 0 Å². The second-order valence-electron chi connectivity index (χ2n) is 5.93. The minimum absolute atomic E-state index is 0.111. The van der Waals surface area contributed by atoms with E-state index in [0.29, 0.717) is 27.4 Å². The number of hydrogen-bond acceptors (Lipinski definition) is 5. The number of benzene rings is 2. The first-order valence-electron chi connectivity index (χ1n) is 7.73. The highest BCUT2D eigenvalue weighted by molar-refractivity contribution is 7.92. The highest BCUT2D eigenvalue weighted by Crippen LogP contribution is 2.36. The van der Waals surface area contributed by atoms with Crippen molar-refractivity contribution in [1.82, 2.24) is 9.78 Å². The largest absolute Gasteiger partial charge is 0.497 e. The van der Waals surface area contributed by atoms with Crippen molar-refractivity contribution in [3.05, 3.63) is 47.0 Å². The van der Waals surface area contributed by atoms with E-state index in [0.717, 1.165) is 11.8 Å². The quantitative estimate of drug-likeness (QED) is 0.672. The Morgan fingerprint density at radius 2 is 1.88 bits per heavy atom. The zero-order chi connectivity index (χ0) is 19.1. The number of rotatable bonds is 5. The molecular weight excluding hydrogens is 376 g/mol. The maximum absolute atomic E-state index is 12.5. The molecule has 2 aromatic carbocycles. The summed E-state index contributed by atoms with van der Waals surface area (Å²) in [5.41, 5.74) is 7.89. The molecule has 0 unspecified atom stereocenters. The number of nitrogens with zero attached hydrogens (tertiary/aromatic N) is 3. The Hall–Kier alpha value is -2.45. The summed E-state index contributed by atoms with van der Waals surface area (Å²) < 4.78 is 32.9. The third-order valence-electron chi connectivity index (χ3n) is 4.07. The van der Waals surface area contributed by atoms with Crippen molar-refractivity contribution < 1.29 is 13.2 Å². The van der Waals surface area contributed by atoms with Crippen LogP contribution in [0.5, 0.6) is 5.75 Å². The van der Waals surface area contributed by atoms with E-state index in [2.05, 4.69) is 5.10 Å². The van der Waals surface area contributed by atoms with Crippen molar-refractivity contribution >= 4 is 44.0 Å². The molecule has 0 bridgehead atoms. The van der Waals surface area contributed by atoms with Gasteiger partial charge in [-0.3, -0.25) is 4.68 Å². The van der Waals surface area contributed by atoms with E-state index in [1.54, 1.807) is 50.6 Å². The van der Waals surface area contributed by atoms with Crippen LogP contribution in [0.2, 0.25) is 5.02 Å². The van der Waals surface area contributed by atoms with Crippen LogP contribution in [0.25, 0.3) is 10.9 Å². The molecule has 0 aliphatic rings. The van der Waals surface area contributed by atoms with Gasteiger partial charge in [-0.05, 0) is 29.8 Å². The number of halogens is 1. The Labute approximate surface area is 157 Å². The Balaban J connectivity index is 2.15. The predicted octanol–water partition coefficient (Wildman–Crippen LogP) is 2.78. The molecule has 1 aromatic heterocycles. The number of aromatic nitrogens is 2. The summed E-state index contributed by atoms with van der Waals surface area (Å²) in [5.74, 6) is 0.942. The monoisotopic (exact) mass is 394 g/mol. The van der Waals surface area contributed by atoms with Gasteiger partial charge in [-0.15, -0.1) is 0 Å². The minimum atomic E-state index is -3.61. The summed E-state index contributed by atoms with van der Waals surface area (Å²) >= 11 is 6.34. The van der Waals surface area contributed by atoms with Gasteiger partial charge in [0, 0.05) is 7.05 Å². The van der Waals surface area contributed by atoms with Crippen molar-refractivity contribution in [2.45, 2.75) is 6.54 Å². The van der Waals surface area contributed by atoms with Crippen LogP contribution in [0.1, 0.15) is 5.56 Å². The number of anilines is 2. The van der Waals surface area contributed by atoms with Gasteiger partial charge in [0.05, 0.1) is 41.5 Å². The van der Waals surface area contributed by atoms with E-state index in [1.165, 1.54) is 8.99 Å². The Kier molecular flexibility index (Phi) is 4.72. The summed E-state index contributed by atoms with van der Waals surface area (Å²) in [6.45, 7) is 0.111. The van der Waals surface area contributed by atoms with Gasteiger partial charge in [0.25, 0.3) is 0 Å². The molecule has 9 heteroatoms. The number of nitrogen functional groups attached to an aromatic ring is 1. The average molecular weight is 395 g/mol. The molecule has 0 radical (unpaired) electrons. The zero-order valence-electron chi connectivity index (χ0n) is 14.6. The molecule has 3 aromatic rings. The molecule has 2 N–H and O–H groups in total. The van der Waals surface area contributed by atoms with Crippen LogP contribution in [0, 0.1) is 0 Å². The van der Waals surface area contributed by atoms with Crippen LogP contribution in [-0.2, 0) is 23.6 Å². The maximum atomic E-state index is 12.5. The molecule has 0 amide bonds.